The van der Waals surface area contributed by atoms with Gasteiger partial charge in [-0.1, -0.05) is 15.9 Å². The van der Waals surface area contributed by atoms with Crippen LogP contribution in [0.5, 0.6) is 0 Å². The quantitative estimate of drug-likeness (QED) is 0.627. The van der Waals surface area contributed by atoms with Crippen molar-refractivity contribution in [1.29, 1.82) is 0 Å². The van der Waals surface area contributed by atoms with E-state index < -0.39 is 23.6 Å². The minimum Gasteiger partial charge on any atom is -0.398 e. The number of nitrogen functional groups attached to an aromatic ring is 1. The first-order valence-electron chi connectivity index (χ1n) is 5.37. The Morgan fingerprint density at radius 3 is 2.68 bits per heavy atom. The Bertz CT molecular complexity index is 454. The number of alkyl halides is 3. The molecule has 1 unspecified atom stereocenters. The summed E-state index contributed by atoms with van der Waals surface area (Å²) in [7, 11) is -1.35. The van der Waals surface area contributed by atoms with E-state index in [4.69, 9.17) is 5.73 Å². The van der Waals surface area contributed by atoms with E-state index in [1.54, 1.807) is 18.2 Å². The molecule has 8 heteroatoms. The summed E-state index contributed by atoms with van der Waals surface area (Å²) in [6, 6.07) is 4.99. The molecular weight excluding hydrogens is 347 g/mol. The summed E-state index contributed by atoms with van der Waals surface area (Å²) in [5, 5.41) is 0. The Morgan fingerprint density at radius 2 is 2.05 bits per heavy atom. The molecule has 0 saturated carbocycles. The van der Waals surface area contributed by atoms with Gasteiger partial charge in [0.2, 0.25) is 0 Å². The summed E-state index contributed by atoms with van der Waals surface area (Å²) in [6.07, 6.45) is -4.05. The molecule has 0 aromatic heterocycles. The Kier molecular flexibility index (Phi) is 6.28. The molecule has 0 spiro atoms. The van der Waals surface area contributed by atoms with Crippen LogP contribution in [0.25, 0.3) is 0 Å². The van der Waals surface area contributed by atoms with Gasteiger partial charge >= 0.3 is 6.18 Å². The molecule has 0 fully saturated rings. The highest BCUT2D eigenvalue weighted by Gasteiger charge is 2.27. The smallest absolute Gasteiger partial charge is 0.398 e. The van der Waals surface area contributed by atoms with Gasteiger partial charge in [0, 0.05) is 22.5 Å². The second-order valence-corrected chi connectivity index (χ2v) is 6.21. The zero-order valence-electron chi connectivity index (χ0n) is 9.87. The number of hydrogen-bond donors (Lipinski definition) is 1. The van der Waals surface area contributed by atoms with E-state index in [0.717, 1.165) is 4.47 Å². The zero-order valence-corrected chi connectivity index (χ0v) is 12.3. The van der Waals surface area contributed by atoms with Gasteiger partial charge < -0.3 is 10.5 Å². The molecule has 0 aliphatic rings. The van der Waals surface area contributed by atoms with E-state index >= 15 is 0 Å². The molecule has 0 amide bonds. The number of benzene rings is 1. The van der Waals surface area contributed by atoms with Crippen molar-refractivity contribution in [3.63, 3.8) is 0 Å². The number of anilines is 1. The van der Waals surface area contributed by atoms with Crippen LogP contribution in [0, 0.1) is 0 Å². The lowest BCUT2D eigenvalue weighted by Gasteiger charge is -2.08. The molecule has 1 rings (SSSR count). The van der Waals surface area contributed by atoms with Gasteiger partial charge in [-0.15, -0.1) is 0 Å². The third-order valence-corrected chi connectivity index (χ3v) is 4.10. The zero-order chi connectivity index (χ0) is 14.5. The first-order chi connectivity index (χ1) is 8.79. The average Bonchev–Trinajstić information content (AvgIpc) is 2.30. The van der Waals surface area contributed by atoms with E-state index in [-0.39, 0.29) is 18.8 Å². The molecule has 108 valence electrons. The molecule has 0 aliphatic carbocycles. The van der Waals surface area contributed by atoms with Crippen molar-refractivity contribution in [3.05, 3.63) is 22.7 Å². The van der Waals surface area contributed by atoms with E-state index in [0.29, 0.717) is 10.6 Å². The summed E-state index contributed by atoms with van der Waals surface area (Å²) in [6.45, 7) is -1.36. The van der Waals surface area contributed by atoms with Crippen LogP contribution in [0.2, 0.25) is 0 Å². The van der Waals surface area contributed by atoms with Gasteiger partial charge in [0.25, 0.3) is 0 Å². The lowest BCUT2D eigenvalue weighted by atomic mass is 10.3. The van der Waals surface area contributed by atoms with Crippen LogP contribution in [-0.2, 0) is 15.5 Å². The van der Waals surface area contributed by atoms with E-state index in [2.05, 4.69) is 20.7 Å². The number of ether oxygens (including phenoxy) is 1. The number of hydrogen-bond acceptors (Lipinski definition) is 3. The monoisotopic (exact) mass is 359 g/mol. The van der Waals surface area contributed by atoms with Crippen LogP contribution < -0.4 is 5.73 Å². The molecule has 2 N–H and O–H groups in total. The molecular formula is C11H13BrF3NO2S. The van der Waals surface area contributed by atoms with Crippen LogP contribution in [0.15, 0.2) is 27.6 Å². The first-order valence-corrected chi connectivity index (χ1v) is 7.48. The maximum Gasteiger partial charge on any atom is 0.411 e. The van der Waals surface area contributed by atoms with Crippen molar-refractivity contribution in [1.82, 2.24) is 0 Å². The van der Waals surface area contributed by atoms with Gasteiger partial charge in [-0.25, -0.2) is 0 Å². The predicted molar refractivity (Wildman–Crippen MR) is 71.3 cm³/mol. The van der Waals surface area contributed by atoms with Gasteiger partial charge in [0.15, 0.2) is 0 Å². The minimum atomic E-state index is -4.33. The summed E-state index contributed by atoms with van der Waals surface area (Å²) in [4.78, 5) is 0.477. The highest BCUT2D eigenvalue weighted by atomic mass is 79.9. The molecule has 0 bridgehead atoms. The standard InChI is InChI=1S/C11H13BrF3NO2S/c12-8-2-3-9(16)10(6-8)19(17)5-1-4-18-7-11(13,14)15/h2-3,6H,1,4-5,7,16H2. The average molecular weight is 360 g/mol. The molecule has 19 heavy (non-hydrogen) atoms. The lowest BCUT2D eigenvalue weighted by molar-refractivity contribution is -0.173. The van der Waals surface area contributed by atoms with Crippen LogP contribution in [0.1, 0.15) is 6.42 Å². The predicted octanol–water partition coefficient (Wildman–Crippen LogP) is 3.11. The Labute approximate surface area is 119 Å². The summed E-state index contributed by atoms with van der Waals surface area (Å²) >= 11 is 3.24. The van der Waals surface area contributed by atoms with Gasteiger partial charge in [-0.05, 0) is 24.6 Å². The fourth-order valence-corrected chi connectivity index (χ4v) is 3.00. The summed E-state index contributed by atoms with van der Waals surface area (Å²) in [5.41, 5.74) is 6.08. The van der Waals surface area contributed by atoms with E-state index in [9.17, 15) is 17.4 Å². The second-order valence-electron chi connectivity index (χ2n) is 3.75. The largest absolute Gasteiger partial charge is 0.411 e. The number of nitrogens with two attached hydrogens (primary N) is 1. The fourth-order valence-electron chi connectivity index (χ4n) is 1.30. The molecule has 0 heterocycles. The lowest BCUT2D eigenvalue weighted by Crippen LogP contribution is -2.18. The van der Waals surface area contributed by atoms with Gasteiger partial charge in [-0.3, -0.25) is 4.21 Å². The van der Waals surface area contributed by atoms with Crippen molar-refractivity contribution >= 4 is 32.4 Å². The molecule has 0 aliphatic heterocycles. The third-order valence-electron chi connectivity index (χ3n) is 2.11. The molecule has 3 nitrogen and oxygen atoms in total. The van der Waals surface area contributed by atoms with Crippen molar-refractivity contribution in [3.8, 4) is 0 Å². The molecule has 1 aromatic carbocycles. The molecule has 1 aromatic rings. The molecule has 0 radical (unpaired) electrons. The van der Waals surface area contributed by atoms with Crippen molar-refractivity contribution < 1.29 is 22.1 Å². The van der Waals surface area contributed by atoms with Gasteiger partial charge in [0.1, 0.15) is 6.61 Å². The minimum absolute atomic E-state index is 0.0842. The molecule has 1 atom stereocenters. The van der Waals surface area contributed by atoms with Crippen molar-refractivity contribution in [2.75, 3.05) is 24.7 Å². The summed E-state index contributed by atoms with van der Waals surface area (Å²) < 4.78 is 52.5. The summed E-state index contributed by atoms with van der Waals surface area (Å²) in [5.74, 6) is 0.207. The van der Waals surface area contributed by atoms with Gasteiger partial charge in [0.05, 0.1) is 15.7 Å². The Hall–Kier alpha value is -0.600. The molecule has 0 saturated heterocycles. The maximum absolute atomic E-state index is 11.9. The van der Waals surface area contributed by atoms with E-state index in [1.807, 2.05) is 0 Å². The van der Waals surface area contributed by atoms with E-state index in [1.165, 1.54) is 0 Å². The highest BCUT2D eigenvalue weighted by Crippen LogP contribution is 2.22. The van der Waals surface area contributed by atoms with Crippen molar-refractivity contribution in [2.45, 2.75) is 17.5 Å². The maximum atomic E-state index is 11.9. The second kappa shape index (κ2) is 7.25. The normalized spacial score (nSPS) is 13.5. The third kappa shape index (κ3) is 6.40. The van der Waals surface area contributed by atoms with Crippen LogP contribution in [-0.4, -0.2) is 29.4 Å². The number of halogens is 4. The Balaban J connectivity index is 2.38. The van der Waals surface area contributed by atoms with Crippen LogP contribution in [0.3, 0.4) is 0 Å². The Morgan fingerprint density at radius 1 is 1.37 bits per heavy atom. The SMILES string of the molecule is Nc1ccc(Br)cc1S(=O)CCCOCC(F)(F)F. The fraction of sp³-hybridized carbons (Fsp3) is 0.455. The van der Waals surface area contributed by atoms with Gasteiger partial charge in [-0.2, -0.15) is 13.2 Å². The van der Waals surface area contributed by atoms with Crippen LogP contribution >= 0.6 is 15.9 Å². The topological polar surface area (TPSA) is 52.3 Å². The first kappa shape index (κ1) is 16.5. The van der Waals surface area contributed by atoms with Crippen LogP contribution in [0.4, 0.5) is 18.9 Å². The number of rotatable bonds is 6. The highest BCUT2D eigenvalue weighted by molar-refractivity contribution is 9.10. The van der Waals surface area contributed by atoms with Crippen molar-refractivity contribution in [2.24, 2.45) is 0 Å².